The summed E-state index contributed by atoms with van der Waals surface area (Å²) in [6, 6.07) is 1.99. The zero-order valence-electron chi connectivity index (χ0n) is 11.6. The summed E-state index contributed by atoms with van der Waals surface area (Å²) >= 11 is 0. The molecule has 114 valence electrons. The first kappa shape index (κ1) is 15.0. The number of amides is 4. The second-order valence-electron chi connectivity index (χ2n) is 4.55. The van der Waals surface area contributed by atoms with E-state index in [4.69, 9.17) is 9.15 Å². The van der Waals surface area contributed by atoms with E-state index in [2.05, 4.69) is 10.6 Å². The van der Waals surface area contributed by atoms with Gasteiger partial charge in [0.05, 0.1) is 25.8 Å². The molecule has 0 spiro atoms. The third kappa shape index (κ3) is 3.82. The Morgan fingerprint density at radius 1 is 1.52 bits per heavy atom. The van der Waals surface area contributed by atoms with E-state index < -0.39 is 18.0 Å². The molecule has 1 aliphatic heterocycles. The lowest BCUT2D eigenvalue weighted by Crippen LogP contribution is -2.37. The fourth-order valence-corrected chi connectivity index (χ4v) is 1.97. The predicted molar refractivity (Wildman–Crippen MR) is 71.1 cm³/mol. The smallest absolute Gasteiger partial charge is 0.325 e. The van der Waals surface area contributed by atoms with Crippen molar-refractivity contribution in [2.75, 3.05) is 20.3 Å². The summed E-state index contributed by atoms with van der Waals surface area (Å²) < 4.78 is 9.91. The topological polar surface area (TPSA) is 101 Å². The number of carbonyl (C=O) groups excluding carboxylic acids is 3. The number of hydrogen-bond donors (Lipinski definition) is 2. The van der Waals surface area contributed by atoms with Crippen LogP contribution in [-0.2, 0) is 20.9 Å². The van der Waals surface area contributed by atoms with Crippen molar-refractivity contribution < 1.29 is 23.5 Å². The van der Waals surface area contributed by atoms with Crippen LogP contribution < -0.4 is 10.6 Å². The quantitative estimate of drug-likeness (QED) is 0.538. The first-order valence-corrected chi connectivity index (χ1v) is 6.51. The van der Waals surface area contributed by atoms with Crippen molar-refractivity contribution in [2.24, 2.45) is 0 Å². The molecule has 1 aliphatic rings. The van der Waals surface area contributed by atoms with E-state index in [0.717, 1.165) is 4.90 Å². The molecule has 0 radical (unpaired) electrons. The molecule has 0 bridgehead atoms. The number of carbonyl (C=O) groups is 3. The molecule has 2 rings (SSSR count). The van der Waals surface area contributed by atoms with E-state index >= 15 is 0 Å². The van der Waals surface area contributed by atoms with Gasteiger partial charge in [-0.3, -0.25) is 14.5 Å². The van der Waals surface area contributed by atoms with Crippen LogP contribution in [0.15, 0.2) is 22.8 Å². The summed E-state index contributed by atoms with van der Waals surface area (Å²) in [5.74, 6) is -0.243. The zero-order chi connectivity index (χ0) is 15.2. The van der Waals surface area contributed by atoms with Crippen LogP contribution in [0.1, 0.15) is 12.2 Å². The van der Waals surface area contributed by atoms with E-state index in [9.17, 15) is 14.4 Å². The highest BCUT2D eigenvalue weighted by Crippen LogP contribution is 2.14. The van der Waals surface area contributed by atoms with Crippen LogP contribution in [0.25, 0.3) is 0 Å². The number of urea groups is 1. The van der Waals surface area contributed by atoms with Crippen molar-refractivity contribution in [2.45, 2.75) is 19.0 Å². The third-order valence-electron chi connectivity index (χ3n) is 3.02. The normalized spacial score (nSPS) is 18.0. The van der Waals surface area contributed by atoms with Crippen LogP contribution in [-0.4, -0.2) is 49.0 Å². The van der Waals surface area contributed by atoms with Gasteiger partial charge >= 0.3 is 6.03 Å². The van der Waals surface area contributed by atoms with Crippen molar-refractivity contribution in [1.82, 2.24) is 15.5 Å². The molecular formula is C13H17N3O5. The number of imide groups is 1. The summed E-state index contributed by atoms with van der Waals surface area (Å²) in [7, 11) is 1.53. The van der Waals surface area contributed by atoms with Crippen LogP contribution in [0.5, 0.6) is 0 Å². The van der Waals surface area contributed by atoms with Crippen LogP contribution in [0.4, 0.5) is 4.79 Å². The SMILES string of the molecule is COCCNC(=O)C[C@@H]1NC(=O)N(Cc2ccco2)C1=O. The van der Waals surface area contributed by atoms with Crippen molar-refractivity contribution in [1.29, 1.82) is 0 Å². The summed E-state index contributed by atoms with van der Waals surface area (Å²) in [4.78, 5) is 36.5. The second kappa shape index (κ2) is 6.89. The highest BCUT2D eigenvalue weighted by atomic mass is 16.5. The van der Waals surface area contributed by atoms with Gasteiger partial charge in [-0.05, 0) is 12.1 Å². The maximum absolute atomic E-state index is 12.1. The molecular weight excluding hydrogens is 278 g/mol. The molecule has 0 aliphatic carbocycles. The van der Waals surface area contributed by atoms with E-state index in [0.29, 0.717) is 18.9 Å². The summed E-state index contributed by atoms with van der Waals surface area (Å²) in [6.45, 7) is 0.807. The lowest BCUT2D eigenvalue weighted by Gasteiger charge is -2.11. The number of methoxy groups -OCH3 is 1. The molecule has 8 heteroatoms. The second-order valence-corrected chi connectivity index (χ2v) is 4.55. The average Bonchev–Trinajstić information content (AvgIpc) is 3.04. The molecule has 21 heavy (non-hydrogen) atoms. The molecule has 1 aromatic heterocycles. The number of nitrogens with one attached hydrogen (secondary N) is 2. The van der Waals surface area contributed by atoms with E-state index in [-0.39, 0.29) is 18.9 Å². The minimum absolute atomic E-state index is 0.0550. The maximum atomic E-state index is 12.1. The predicted octanol–water partition coefficient (Wildman–Crippen LogP) is -0.147. The van der Waals surface area contributed by atoms with Gasteiger partial charge in [0.15, 0.2) is 0 Å². The molecule has 1 aromatic rings. The van der Waals surface area contributed by atoms with Gasteiger partial charge in [-0.15, -0.1) is 0 Å². The van der Waals surface area contributed by atoms with Crippen molar-refractivity contribution in [3.05, 3.63) is 24.2 Å². The fourth-order valence-electron chi connectivity index (χ4n) is 1.97. The molecule has 1 atom stereocenters. The Morgan fingerprint density at radius 3 is 3.00 bits per heavy atom. The summed E-state index contributed by atoms with van der Waals surface area (Å²) in [5, 5.41) is 5.09. The molecule has 2 N–H and O–H groups in total. The van der Waals surface area contributed by atoms with Crippen LogP contribution in [0.3, 0.4) is 0 Å². The Hall–Kier alpha value is -2.35. The van der Waals surface area contributed by atoms with Crippen molar-refractivity contribution in [3.63, 3.8) is 0 Å². The fraction of sp³-hybridized carbons (Fsp3) is 0.462. The lowest BCUT2D eigenvalue weighted by molar-refractivity contribution is -0.131. The van der Waals surface area contributed by atoms with Crippen LogP contribution in [0, 0.1) is 0 Å². The Morgan fingerprint density at radius 2 is 2.33 bits per heavy atom. The van der Waals surface area contributed by atoms with Gasteiger partial charge in [-0.2, -0.15) is 0 Å². The molecule has 1 fully saturated rings. The molecule has 2 heterocycles. The van der Waals surface area contributed by atoms with E-state index in [1.54, 1.807) is 12.1 Å². The monoisotopic (exact) mass is 295 g/mol. The third-order valence-corrected chi connectivity index (χ3v) is 3.02. The first-order valence-electron chi connectivity index (χ1n) is 6.51. The van der Waals surface area contributed by atoms with Crippen molar-refractivity contribution in [3.8, 4) is 0 Å². The van der Waals surface area contributed by atoms with E-state index in [1.165, 1.54) is 13.4 Å². The van der Waals surface area contributed by atoms with Crippen LogP contribution >= 0.6 is 0 Å². The first-order chi connectivity index (χ1) is 10.1. The number of nitrogens with zero attached hydrogens (tertiary/aromatic N) is 1. The standard InChI is InChI=1S/C13H17N3O5/c1-20-6-4-14-11(17)7-10-12(18)16(13(19)15-10)8-9-3-2-5-21-9/h2-3,5,10H,4,6-8H2,1H3,(H,14,17)(H,15,19)/t10-/m0/s1. The van der Waals surface area contributed by atoms with Gasteiger partial charge in [-0.25, -0.2) is 4.79 Å². The highest BCUT2D eigenvalue weighted by Gasteiger charge is 2.39. The number of rotatable bonds is 7. The summed E-state index contributed by atoms with van der Waals surface area (Å²) in [6.07, 6.45) is 1.37. The van der Waals surface area contributed by atoms with Gasteiger partial charge in [0.1, 0.15) is 11.8 Å². The van der Waals surface area contributed by atoms with Gasteiger partial charge < -0.3 is 19.8 Å². The molecule has 0 aromatic carbocycles. The number of ether oxygens (including phenoxy) is 1. The number of furan rings is 1. The Kier molecular flexibility index (Phi) is 4.94. The molecule has 1 saturated heterocycles. The molecule has 4 amide bonds. The maximum Gasteiger partial charge on any atom is 0.325 e. The van der Waals surface area contributed by atoms with E-state index in [1.807, 2.05) is 0 Å². The molecule has 8 nitrogen and oxygen atoms in total. The van der Waals surface area contributed by atoms with Gasteiger partial charge in [0, 0.05) is 13.7 Å². The highest BCUT2D eigenvalue weighted by molar-refractivity contribution is 6.05. The van der Waals surface area contributed by atoms with Gasteiger partial charge in [0.2, 0.25) is 5.91 Å². The minimum atomic E-state index is -0.838. The largest absolute Gasteiger partial charge is 0.467 e. The Labute approximate surface area is 121 Å². The summed E-state index contributed by atoms with van der Waals surface area (Å²) in [5.41, 5.74) is 0. The van der Waals surface area contributed by atoms with Gasteiger partial charge in [0.25, 0.3) is 5.91 Å². The average molecular weight is 295 g/mol. The van der Waals surface area contributed by atoms with Crippen molar-refractivity contribution >= 4 is 17.8 Å². The molecule has 0 saturated carbocycles. The Bertz CT molecular complexity index is 514. The zero-order valence-corrected chi connectivity index (χ0v) is 11.6. The Balaban J connectivity index is 1.87. The number of hydrogen-bond acceptors (Lipinski definition) is 5. The molecule has 0 unspecified atom stereocenters. The minimum Gasteiger partial charge on any atom is -0.467 e. The lowest BCUT2D eigenvalue weighted by atomic mass is 10.2. The van der Waals surface area contributed by atoms with Crippen LogP contribution in [0.2, 0.25) is 0 Å². The van der Waals surface area contributed by atoms with Gasteiger partial charge in [-0.1, -0.05) is 0 Å².